The first-order valence-electron chi connectivity index (χ1n) is 4.68. The molecular weight excluding hydrogens is 320 g/mol. The molecule has 17 heavy (non-hydrogen) atoms. The van der Waals surface area contributed by atoms with Gasteiger partial charge in [0.1, 0.15) is 10.2 Å². The highest BCUT2D eigenvalue weighted by atomic mass is 79.9. The molecule has 1 aromatic carbocycles. The number of pyridine rings is 1. The molecule has 2 nitrogen and oxygen atoms in total. The Morgan fingerprint density at radius 1 is 1.24 bits per heavy atom. The van der Waals surface area contributed by atoms with Gasteiger partial charge in [0.2, 0.25) is 0 Å². The first-order valence-corrected chi connectivity index (χ1v) is 6.67. The molecule has 0 aliphatic carbocycles. The first-order chi connectivity index (χ1) is 8.17. The lowest BCUT2D eigenvalue weighted by atomic mass is 10.3. The van der Waals surface area contributed by atoms with Gasteiger partial charge in [0.05, 0.1) is 11.6 Å². The number of halogens is 2. The van der Waals surface area contributed by atoms with Crippen LogP contribution in [0.25, 0.3) is 0 Å². The number of hydrogen-bond donors (Lipinski definition) is 0. The number of aromatic nitrogens is 1. The quantitative estimate of drug-likeness (QED) is 0.762. The van der Waals surface area contributed by atoms with Crippen molar-refractivity contribution in [1.29, 1.82) is 5.26 Å². The fourth-order valence-electron chi connectivity index (χ4n) is 1.21. The summed E-state index contributed by atoms with van der Waals surface area (Å²) in [6.07, 6.45) is 0. The minimum atomic E-state index is 0.337. The maximum Gasteiger partial charge on any atom is 0.131 e. The molecule has 1 heterocycles. The second-order valence-corrected chi connectivity index (χ2v) is 5.58. The highest BCUT2D eigenvalue weighted by Gasteiger charge is 2.03. The maximum absolute atomic E-state index is 8.84. The molecule has 0 unspecified atom stereocenters. The van der Waals surface area contributed by atoms with Crippen LogP contribution in [0.15, 0.2) is 50.8 Å². The third-order valence-electron chi connectivity index (χ3n) is 1.94. The number of rotatable bonds is 2. The lowest BCUT2D eigenvalue weighted by Gasteiger charge is -2.02. The summed E-state index contributed by atoms with van der Waals surface area (Å²) < 4.78 is 1.03. The summed E-state index contributed by atoms with van der Waals surface area (Å²) >= 11 is 10.7. The average Bonchev–Trinajstić information content (AvgIpc) is 2.31. The molecule has 0 atom stereocenters. The van der Waals surface area contributed by atoms with E-state index in [9.17, 15) is 0 Å². The van der Waals surface area contributed by atoms with Crippen LogP contribution in [-0.4, -0.2) is 4.98 Å². The summed E-state index contributed by atoms with van der Waals surface area (Å²) in [5, 5.41) is 9.89. The van der Waals surface area contributed by atoms with Crippen LogP contribution >= 0.6 is 39.3 Å². The second-order valence-electron chi connectivity index (χ2n) is 3.18. The molecule has 0 radical (unpaired) electrons. The molecule has 0 aliphatic rings. The second kappa shape index (κ2) is 5.54. The van der Waals surface area contributed by atoms with Crippen LogP contribution < -0.4 is 0 Å². The normalized spacial score (nSPS) is 9.94. The molecule has 0 N–H and O–H groups in total. The van der Waals surface area contributed by atoms with E-state index in [2.05, 4.69) is 27.0 Å². The zero-order chi connectivity index (χ0) is 12.3. The zero-order valence-electron chi connectivity index (χ0n) is 8.52. The predicted molar refractivity (Wildman–Crippen MR) is 72.2 cm³/mol. The number of nitrogens with zero attached hydrogens (tertiary/aromatic N) is 2. The molecule has 0 saturated heterocycles. The first kappa shape index (κ1) is 12.4. The minimum absolute atomic E-state index is 0.337. The standard InChI is InChI=1S/C12H6BrClN2S/c13-9-1-3-10(4-2-9)17-12-6-8(7-15)5-11(14)16-12/h1-6H. The van der Waals surface area contributed by atoms with Gasteiger partial charge in [-0.05, 0) is 36.4 Å². The van der Waals surface area contributed by atoms with E-state index in [-0.39, 0.29) is 0 Å². The Bertz CT molecular complexity index is 578. The van der Waals surface area contributed by atoms with Crippen molar-refractivity contribution in [1.82, 2.24) is 4.98 Å². The van der Waals surface area contributed by atoms with Crippen LogP contribution in [0.1, 0.15) is 5.56 Å². The van der Waals surface area contributed by atoms with Gasteiger partial charge in [0.25, 0.3) is 0 Å². The van der Waals surface area contributed by atoms with Gasteiger partial charge in [-0.1, -0.05) is 39.3 Å². The number of nitriles is 1. The van der Waals surface area contributed by atoms with E-state index in [1.807, 2.05) is 24.3 Å². The summed E-state index contributed by atoms with van der Waals surface area (Å²) in [6, 6.07) is 13.2. The van der Waals surface area contributed by atoms with Gasteiger partial charge in [0, 0.05) is 9.37 Å². The van der Waals surface area contributed by atoms with E-state index >= 15 is 0 Å². The van der Waals surface area contributed by atoms with Crippen molar-refractivity contribution in [3.63, 3.8) is 0 Å². The van der Waals surface area contributed by atoms with Gasteiger partial charge in [-0.3, -0.25) is 0 Å². The van der Waals surface area contributed by atoms with Crippen molar-refractivity contribution < 1.29 is 0 Å². The van der Waals surface area contributed by atoms with E-state index < -0.39 is 0 Å². The SMILES string of the molecule is N#Cc1cc(Cl)nc(Sc2ccc(Br)cc2)c1. The molecule has 1 aromatic heterocycles. The third-order valence-corrected chi connectivity index (χ3v) is 3.58. The number of benzene rings is 1. The lowest BCUT2D eigenvalue weighted by Crippen LogP contribution is -1.84. The molecule has 0 spiro atoms. The molecule has 0 amide bonds. The maximum atomic E-state index is 8.84. The third kappa shape index (κ3) is 3.47. The van der Waals surface area contributed by atoms with Gasteiger partial charge >= 0.3 is 0 Å². The molecule has 0 aliphatic heterocycles. The van der Waals surface area contributed by atoms with Crippen LogP contribution in [0.3, 0.4) is 0 Å². The van der Waals surface area contributed by atoms with Crippen LogP contribution in [0.5, 0.6) is 0 Å². The highest BCUT2D eigenvalue weighted by molar-refractivity contribution is 9.10. The summed E-state index contributed by atoms with van der Waals surface area (Å²) in [5.74, 6) is 0. The van der Waals surface area contributed by atoms with Crippen molar-refractivity contribution in [3.8, 4) is 6.07 Å². The summed E-state index contributed by atoms with van der Waals surface area (Å²) in [4.78, 5) is 5.21. The predicted octanol–water partition coefficient (Wildman–Crippen LogP) is 4.52. The van der Waals surface area contributed by atoms with Gasteiger partial charge < -0.3 is 0 Å². The highest BCUT2D eigenvalue weighted by Crippen LogP contribution is 2.28. The molecule has 0 saturated carbocycles. The summed E-state index contributed by atoms with van der Waals surface area (Å²) in [6.45, 7) is 0. The number of hydrogen-bond acceptors (Lipinski definition) is 3. The Kier molecular flexibility index (Phi) is 4.06. The van der Waals surface area contributed by atoms with Gasteiger partial charge in [0.15, 0.2) is 0 Å². The lowest BCUT2D eigenvalue weighted by molar-refractivity contribution is 1.12. The Morgan fingerprint density at radius 3 is 2.59 bits per heavy atom. The topological polar surface area (TPSA) is 36.7 Å². The van der Waals surface area contributed by atoms with E-state index in [1.54, 1.807) is 12.1 Å². The van der Waals surface area contributed by atoms with E-state index in [0.29, 0.717) is 10.7 Å². The van der Waals surface area contributed by atoms with Crippen LogP contribution in [0, 0.1) is 11.3 Å². The summed E-state index contributed by atoms with van der Waals surface area (Å²) in [5.41, 5.74) is 0.518. The van der Waals surface area contributed by atoms with E-state index in [4.69, 9.17) is 16.9 Å². The van der Waals surface area contributed by atoms with Crippen molar-refractivity contribution in [3.05, 3.63) is 51.6 Å². The van der Waals surface area contributed by atoms with Gasteiger partial charge in [-0.2, -0.15) is 5.26 Å². The van der Waals surface area contributed by atoms with Crippen molar-refractivity contribution in [2.75, 3.05) is 0 Å². The summed E-state index contributed by atoms with van der Waals surface area (Å²) in [7, 11) is 0. The Balaban J connectivity index is 2.27. The molecule has 0 bridgehead atoms. The van der Waals surface area contributed by atoms with Crippen LogP contribution in [0.4, 0.5) is 0 Å². The van der Waals surface area contributed by atoms with Crippen molar-refractivity contribution >= 4 is 39.3 Å². The average molecular weight is 326 g/mol. The smallest absolute Gasteiger partial charge is 0.131 e. The van der Waals surface area contributed by atoms with Crippen LogP contribution in [0.2, 0.25) is 5.15 Å². The van der Waals surface area contributed by atoms with Crippen molar-refractivity contribution in [2.24, 2.45) is 0 Å². The molecule has 2 aromatic rings. The van der Waals surface area contributed by atoms with Crippen LogP contribution in [-0.2, 0) is 0 Å². The Morgan fingerprint density at radius 2 is 1.94 bits per heavy atom. The fraction of sp³-hybridized carbons (Fsp3) is 0. The molecule has 0 fully saturated rings. The largest absolute Gasteiger partial charge is 0.229 e. The minimum Gasteiger partial charge on any atom is -0.229 e. The molecule has 2 rings (SSSR count). The molecular formula is C12H6BrClN2S. The zero-order valence-corrected chi connectivity index (χ0v) is 11.7. The van der Waals surface area contributed by atoms with Gasteiger partial charge in [-0.25, -0.2) is 4.98 Å². The monoisotopic (exact) mass is 324 g/mol. The fourth-order valence-corrected chi connectivity index (χ4v) is 2.58. The molecule has 84 valence electrons. The Hall–Kier alpha value is -1.02. The van der Waals surface area contributed by atoms with E-state index in [1.165, 1.54) is 11.8 Å². The molecule has 5 heteroatoms. The van der Waals surface area contributed by atoms with Gasteiger partial charge in [-0.15, -0.1) is 0 Å². The van der Waals surface area contributed by atoms with Crippen molar-refractivity contribution in [2.45, 2.75) is 9.92 Å². The Labute approximate surface area is 117 Å². The van der Waals surface area contributed by atoms with E-state index in [0.717, 1.165) is 14.4 Å².